The van der Waals surface area contributed by atoms with Crippen LogP contribution in [0.5, 0.6) is 0 Å². The summed E-state index contributed by atoms with van der Waals surface area (Å²) in [5, 5.41) is 9.29. The molecule has 118 valence electrons. The van der Waals surface area contributed by atoms with Gasteiger partial charge >= 0.3 is 0 Å². The topological polar surface area (TPSA) is 66.8 Å². The lowest BCUT2D eigenvalue weighted by molar-refractivity contribution is 0.0571. The predicted molar refractivity (Wildman–Crippen MR) is 83.6 cm³/mol. The van der Waals surface area contributed by atoms with Gasteiger partial charge in [-0.05, 0) is 52.9 Å². The largest absolute Gasteiger partial charge is 0.392 e. The maximum atomic E-state index is 12.8. The summed E-state index contributed by atoms with van der Waals surface area (Å²) in [6, 6.07) is 3.31. The first kappa shape index (κ1) is 16.9. The van der Waals surface area contributed by atoms with Crippen LogP contribution in [0.25, 0.3) is 0 Å². The molecule has 0 radical (unpaired) electrons. The minimum absolute atomic E-state index is 0.0607. The van der Waals surface area contributed by atoms with E-state index in [9.17, 15) is 13.5 Å². The molecular weight excluding hydrogens is 358 g/mol. The molecule has 1 heterocycles. The Morgan fingerprint density at radius 1 is 1.48 bits per heavy atom. The van der Waals surface area contributed by atoms with Crippen LogP contribution in [0.4, 0.5) is 0 Å². The standard InChI is InChI=1S/C14H20BrNO4S/c1-10-6-11(9-17)7-13(14(10)15)21(18,19)16-5-3-4-12(8-16)20-2/h6-7,12,17H,3-5,8-9H2,1-2H3. The molecule has 0 bridgehead atoms. The van der Waals surface area contributed by atoms with E-state index in [0.29, 0.717) is 23.1 Å². The average Bonchev–Trinajstić information content (AvgIpc) is 2.49. The molecule has 1 atom stereocenters. The number of rotatable bonds is 4. The Labute approximate surface area is 134 Å². The number of benzene rings is 1. The quantitative estimate of drug-likeness (QED) is 0.871. The van der Waals surface area contributed by atoms with Crippen molar-refractivity contribution in [2.45, 2.75) is 37.4 Å². The summed E-state index contributed by atoms with van der Waals surface area (Å²) >= 11 is 3.36. The van der Waals surface area contributed by atoms with Crippen LogP contribution in [0.3, 0.4) is 0 Å². The number of piperidine rings is 1. The smallest absolute Gasteiger partial charge is 0.244 e. The van der Waals surface area contributed by atoms with Crippen molar-refractivity contribution in [2.24, 2.45) is 0 Å². The summed E-state index contributed by atoms with van der Waals surface area (Å²) in [4.78, 5) is 0.211. The van der Waals surface area contributed by atoms with Crippen LogP contribution < -0.4 is 0 Å². The van der Waals surface area contributed by atoms with Crippen molar-refractivity contribution in [3.63, 3.8) is 0 Å². The lowest BCUT2D eigenvalue weighted by Crippen LogP contribution is -2.42. The van der Waals surface area contributed by atoms with Crippen LogP contribution in [0.1, 0.15) is 24.0 Å². The molecule has 0 spiro atoms. The van der Waals surface area contributed by atoms with Gasteiger partial charge in [-0.15, -0.1) is 0 Å². The van der Waals surface area contributed by atoms with Crippen molar-refractivity contribution >= 4 is 26.0 Å². The molecule has 1 aliphatic heterocycles. The van der Waals surface area contributed by atoms with Gasteiger partial charge in [0.1, 0.15) is 0 Å². The van der Waals surface area contributed by atoms with E-state index in [2.05, 4.69) is 15.9 Å². The Balaban J connectivity index is 2.41. The van der Waals surface area contributed by atoms with Gasteiger partial charge in [0.25, 0.3) is 0 Å². The van der Waals surface area contributed by atoms with Gasteiger partial charge in [0.15, 0.2) is 0 Å². The molecule has 1 aliphatic rings. The normalized spacial score (nSPS) is 20.7. The van der Waals surface area contributed by atoms with Gasteiger partial charge in [-0.1, -0.05) is 6.07 Å². The van der Waals surface area contributed by atoms with E-state index in [1.165, 1.54) is 10.4 Å². The Morgan fingerprint density at radius 2 is 2.19 bits per heavy atom. The van der Waals surface area contributed by atoms with Gasteiger partial charge < -0.3 is 9.84 Å². The first-order valence-corrected chi connectivity index (χ1v) is 9.06. The monoisotopic (exact) mass is 377 g/mol. The van der Waals surface area contributed by atoms with Crippen molar-refractivity contribution < 1.29 is 18.3 Å². The third kappa shape index (κ3) is 3.48. The molecule has 21 heavy (non-hydrogen) atoms. The van der Waals surface area contributed by atoms with Gasteiger partial charge in [-0.3, -0.25) is 0 Å². The van der Waals surface area contributed by atoms with E-state index < -0.39 is 10.0 Å². The number of ether oxygens (including phenoxy) is 1. The van der Waals surface area contributed by atoms with Crippen LogP contribution >= 0.6 is 15.9 Å². The van der Waals surface area contributed by atoms with E-state index in [0.717, 1.165) is 18.4 Å². The number of methoxy groups -OCH3 is 1. The van der Waals surface area contributed by atoms with E-state index in [4.69, 9.17) is 4.74 Å². The molecule has 0 saturated carbocycles. The number of hydrogen-bond donors (Lipinski definition) is 1. The van der Waals surface area contributed by atoms with Crippen LogP contribution in [0.2, 0.25) is 0 Å². The number of nitrogens with zero attached hydrogens (tertiary/aromatic N) is 1. The van der Waals surface area contributed by atoms with Gasteiger partial charge in [0.2, 0.25) is 10.0 Å². The Morgan fingerprint density at radius 3 is 2.81 bits per heavy atom. The zero-order valence-electron chi connectivity index (χ0n) is 12.2. The molecule has 5 nitrogen and oxygen atoms in total. The second-order valence-electron chi connectivity index (χ2n) is 5.25. The zero-order chi connectivity index (χ0) is 15.6. The second kappa shape index (κ2) is 6.75. The summed E-state index contributed by atoms with van der Waals surface area (Å²) < 4.78 is 33.0. The van der Waals surface area contributed by atoms with Crippen LogP contribution in [0, 0.1) is 6.92 Å². The van der Waals surface area contributed by atoms with E-state index in [1.807, 2.05) is 6.92 Å². The molecule has 1 N–H and O–H groups in total. The third-order valence-electron chi connectivity index (χ3n) is 3.76. The molecular formula is C14H20BrNO4S. The van der Waals surface area contributed by atoms with Gasteiger partial charge in [0, 0.05) is 24.7 Å². The Bertz CT molecular complexity index is 618. The fraction of sp³-hybridized carbons (Fsp3) is 0.571. The SMILES string of the molecule is COC1CCCN(S(=O)(=O)c2cc(CO)cc(C)c2Br)C1. The molecule has 1 fully saturated rings. The van der Waals surface area contributed by atoms with E-state index in [-0.39, 0.29) is 17.6 Å². The number of hydrogen-bond acceptors (Lipinski definition) is 4. The lowest BCUT2D eigenvalue weighted by Gasteiger charge is -2.31. The minimum atomic E-state index is -3.60. The first-order valence-electron chi connectivity index (χ1n) is 6.83. The first-order chi connectivity index (χ1) is 9.90. The molecule has 0 aliphatic carbocycles. The van der Waals surface area contributed by atoms with Crippen LogP contribution in [-0.4, -0.2) is 44.1 Å². The van der Waals surface area contributed by atoms with Gasteiger partial charge in [-0.2, -0.15) is 4.31 Å². The third-order valence-corrected chi connectivity index (χ3v) is 6.96. The number of sulfonamides is 1. The van der Waals surface area contributed by atoms with Crippen molar-refractivity contribution in [2.75, 3.05) is 20.2 Å². The van der Waals surface area contributed by atoms with Gasteiger partial charge in [0.05, 0.1) is 17.6 Å². The molecule has 0 amide bonds. The highest BCUT2D eigenvalue weighted by Gasteiger charge is 2.32. The lowest BCUT2D eigenvalue weighted by atomic mass is 10.1. The summed E-state index contributed by atoms with van der Waals surface area (Å²) in [5.74, 6) is 0. The molecule has 2 rings (SSSR count). The average molecular weight is 378 g/mol. The van der Waals surface area contributed by atoms with Crippen molar-refractivity contribution in [3.8, 4) is 0 Å². The van der Waals surface area contributed by atoms with Crippen LogP contribution in [0.15, 0.2) is 21.5 Å². The molecule has 1 aromatic carbocycles. The Hall–Kier alpha value is -0.470. The highest BCUT2D eigenvalue weighted by atomic mass is 79.9. The fourth-order valence-electron chi connectivity index (χ4n) is 2.54. The maximum absolute atomic E-state index is 12.8. The van der Waals surface area contributed by atoms with Crippen molar-refractivity contribution in [1.82, 2.24) is 4.31 Å². The summed E-state index contributed by atoms with van der Waals surface area (Å²) in [6.07, 6.45) is 1.60. The van der Waals surface area contributed by atoms with E-state index >= 15 is 0 Å². The molecule has 1 aromatic rings. The number of halogens is 1. The fourth-order valence-corrected chi connectivity index (χ4v) is 5.08. The van der Waals surface area contributed by atoms with Gasteiger partial charge in [-0.25, -0.2) is 8.42 Å². The number of aliphatic hydroxyl groups excluding tert-OH is 1. The maximum Gasteiger partial charge on any atom is 0.244 e. The molecule has 7 heteroatoms. The molecule has 1 saturated heterocycles. The summed E-state index contributed by atoms with van der Waals surface area (Å²) in [5.41, 5.74) is 1.38. The van der Waals surface area contributed by atoms with E-state index in [1.54, 1.807) is 13.2 Å². The van der Waals surface area contributed by atoms with Crippen LogP contribution in [-0.2, 0) is 21.4 Å². The summed E-state index contributed by atoms with van der Waals surface area (Å²) in [6.45, 7) is 2.50. The van der Waals surface area contributed by atoms with Crippen molar-refractivity contribution in [3.05, 3.63) is 27.7 Å². The molecule has 1 unspecified atom stereocenters. The van der Waals surface area contributed by atoms with Crippen molar-refractivity contribution in [1.29, 1.82) is 0 Å². The Kier molecular flexibility index (Phi) is 5.43. The minimum Gasteiger partial charge on any atom is -0.392 e. The number of aryl methyl sites for hydroxylation is 1. The number of aliphatic hydroxyl groups is 1. The second-order valence-corrected chi connectivity index (χ2v) is 7.95. The highest BCUT2D eigenvalue weighted by Crippen LogP contribution is 2.31. The zero-order valence-corrected chi connectivity index (χ0v) is 14.6. The highest BCUT2D eigenvalue weighted by molar-refractivity contribution is 9.10. The molecule has 0 aromatic heterocycles. The predicted octanol–water partition coefficient (Wildman–Crippen LogP) is 2.05. The summed E-state index contributed by atoms with van der Waals surface area (Å²) in [7, 11) is -1.99.